The highest BCUT2D eigenvalue weighted by Gasteiger charge is 2.22. The van der Waals surface area contributed by atoms with Crippen LogP contribution in [0.1, 0.15) is 129 Å². The van der Waals surface area contributed by atoms with Crippen molar-refractivity contribution in [3.8, 4) is 0 Å². The molecule has 1 saturated heterocycles. The first-order valence-corrected chi connectivity index (χ1v) is 12.0. The number of unbranched alkanes of at least 4 members (excludes halogenated alkanes) is 15. The molecule has 0 amide bonds. The summed E-state index contributed by atoms with van der Waals surface area (Å²) in [7, 11) is 0. The Bertz CT molecular complexity index is 269. The third-order valence-electron chi connectivity index (χ3n) is 5.80. The van der Waals surface area contributed by atoms with E-state index < -0.39 is 0 Å². The van der Waals surface area contributed by atoms with Gasteiger partial charge in [-0.25, -0.2) is 0 Å². The van der Waals surface area contributed by atoms with Gasteiger partial charge in [0.25, 0.3) is 0 Å². The molecule has 1 nitrogen and oxygen atoms in total. The van der Waals surface area contributed by atoms with Crippen LogP contribution >= 0.6 is 11.6 Å². The highest BCUT2D eigenvalue weighted by molar-refractivity contribution is 6.19. The molecule has 150 valence electrons. The average molecular weight is 373 g/mol. The van der Waals surface area contributed by atoms with Crippen molar-refractivity contribution in [2.24, 2.45) is 5.92 Å². The van der Waals surface area contributed by atoms with Crippen molar-refractivity contribution in [1.29, 1.82) is 0 Å². The summed E-state index contributed by atoms with van der Waals surface area (Å²) in [4.78, 5) is 0. The molecule has 2 heteroatoms. The second-order valence-electron chi connectivity index (χ2n) is 8.22. The first kappa shape index (κ1) is 23.3. The number of hydrogen-bond acceptors (Lipinski definition) is 1. The first-order valence-electron chi connectivity index (χ1n) is 11.6. The average Bonchev–Trinajstić information content (AvgIpc) is 2.63. The lowest BCUT2D eigenvalue weighted by molar-refractivity contribution is 0.0213. The van der Waals surface area contributed by atoms with Gasteiger partial charge in [0, 0.05) is 6.61 Å². The summed E-state index contributed by atoms with van der Waals surface area (Å²) in [6, 6.07) is 0. The van der Waals surface area contributed by atoms with Crippen molar-refractivity contribution < 1.29 is 4.74 Å². The zero-order valence-corrected chi connectivity index (χ0v) is 17.8. The zero-order valence-electron chi connectivity index (χ0n) is 17.1. The number of halogens is 1. The smallest absolute Gasteiger partial charge is 0.133 e. The van der Waals surface area contributed by atoms with Gasteiger partial charge in [0.15, 0.2) is 0 Å². The van der Waals surface area contributed by atoms with Crippen molar-refractivity contribution in [1.82, 2.24) is 0 Å². The number of alkyl halides is 1. The fourth-order valence-corrected chi connectivity index (χ4v) is 4.38. The quantitative estimate of drug-likeness (QED) is 0.183. The van der Waals surface area contributed by atoms with Crippen molar-refractivity contribution in [2.45, 2.75) is 134 Å². The molecule has 0 spiro atoms. The second kappa shape index (κ2) is 17.7. The summed E-state index contributed by atoms with van der Waals surface area (Å²) in [5.41, 5.74) is -0.00918. The number of hydrogen-bond donors (Lipinski definition) is 0. The second-order valence-corrected chi connectivity index (χ2v) is 8.65. The Morgan fingerprint density at radius 1 is 0.680 bits per heavy atom. The van der Waals surface area contributed by atoms with E-state index in [0.29, 0.717) is 5.92 Å². The lowest BCUT2D eigenvalue weighted by atomic mass is 9.95. The summed E-state index contributed by atoms with van der Waals surface area (Å²) in [6.45, 7) is 3.16. The highest BCUT2D eigenvalue weighted by Crippen LogP contribution is 2.28. The first-order chi connectivity index (χ1) is 12.3. The Kier molecular flexibility index (Phi) is 16.4. The predicted molar refractivity (Wildman–Crippen MR) is 112 cm³/mol. The van der Waals surface area contributed by atoms with E-state index in [4.69, 9.17) is 16.3 Å². The van der Waals surface area contributed by atoms with Gasteiger partial charge in [-0.2, -0.15) is 0 Å². The van der Waals surface area contributed by atoms with E-state index in [1.165, 1.54) is 122 Å². The largest absolute Gasteiger partial charge is 0.362 e. The van der Waals surface area contributed by atoms with Gasteiger partial charge < -0.3 is 4.74 Å². The monoisotopic (exact) mass is 372 g/mol. The van der Waals surface area contributed by atoms with Crippen LogP contribution in [0.2, 0.25) is 0 Å². The van der Waals surface area contributed by atoms with Gasteiger partial charge in [-0.05, 0) is 25.2 Å². The van der Waals surface area contributed by atoms with Gasteiger partial charge in [0.2, 0.25) is 0 Å². The van der Waals surface area contributed by atoms with Crippen LogP contribution in [0.3, 0.4) is 0 Å². The molecule has 1 aliphatic rings. The van der Waals surface area contributed by atoms with E-state index in [9.17, 15) is 0 Å². The molecule has 0 radical (unpaired) electrons. The Morgan fingerprint density at radius 2 is 1.12 bits per heavy atom. The van der Waals surface area contributed by atoms with Crippen LogP contribution < -0.4 is 0 Å². The van der Waals surface area contributed by atoms with Crippen molar-refractivity contribution >= 4 is 11.6 Å². The van der Waals surface area contributed by atoms with Crippen molar-refractivity contribution in [3.63, 3.8) is 0 Å². The number of ether oxygens (including phenoxy) is 1. The molecule has 1 aliphatic heterocycles. The standard InChI is InChI=1S/C23H45ClO/c1-2-3-4-5-6-7-8-9-10-11-12-13-14-15-16-17-19-22-20-18-21-25-23(22)24/h22-23H,2-21H2,1H3. The Labute approximate surface area is 163 Å². The van der Waals surface area contributed by atoms with Gasteiger partial charge >= 0.3 is 0 Å². The lowest BCUT2D eigenvalue weighted by Crippen LogP contribution is -2.24. The summed E-state index contributed by atoms with van der Waals surface area (Å²) in [6.07, 6.45) is 26.7. The molecule has 25 heavy (non-hydrogen) atoms. The summed E-state index contributed by atoms with van der Waals surface area (Å²) in [5, 5.41) is 0. The fraction of sp³-hybridized carbons (Fsp3) is 1.00. The highest BCUT2D eigenvalue weighted by atomic mass is 35.5. The summed E-state index contributed by atoms with van der Waals surface area (Å²) < 4.78 is 5.54. The molecule has 1 heterocycles. The molecule has 0 aromatic rings. The maximum Gasteiger partial charge on any atom is 0.133 e. The molecular weight excluding hydrogens is 328 g/mol. The summed E-state index contributed by atoms with van der Waals surface area (Å²) in [5.74, 6) is 0.613. The Hall–Kier alpha value is 0.250. The molecule has 0 aromatic heterocycles. The van der Waals surface area contributed by atoms with Gasteiger partial charge in [0.1, 0.15) is 5.56 Å². The molecule has 2 atom stereocenters. The third kappa shape index (κ3) is 14.0. The normalized spacial score (nSPS) is 20.9. The summed E-state index contributed by atoms with van der Waals surface area (Å²) >= 11 is 6.23. The predicted octanol–water partition coefficient (Wildman–Crippen LogP) is 8.63. The zero-order chi connectivity index (χ0) is 18.0. The molecule has 0 bridgehead atoms. The number of rotatable bonds is 17. The van der Waals surface area contributed by atoms with Crippen LogP contribution in [0, 0.1) is 5.92 Å². The molecule has 1 rings (SSSR count). The maximum absolute atomic E-state index is 6.23. The van der Waals surface area contributed by atoms with Gasteiger partial charge in [0.05, 0.1) is 0 Å². The van der Waals surface area contributed by atoms with E-state index in [2.05, 4.69) is 6.92 Å². The lowest BCUT2D eigenvalue weighted by Gasteiger charge is -2.27. The van der Waals surface area contributed by atoms with Gasteiger partial charge in [-0.1, -0.05) is 121 Å². The molecular formula is C23H45ClO. The Morgan fingerprint density at radius 3 is 1.56 bits per heavy atom. The van der Waals surface area contributed by atoms with Crippen LogP contribution in [0.15, 0.2) is 0 Å². The molecule has 0 N–H and O–H groups in total. The maximum atomic E-state index is 6.23. The van der Waals surface area contributed by atoms with E-state index in [-0.39, 0.29) is 5.56 Å². The molecule has 0 aliphatic carbocycles. The molecule has 1 fully saturated rings. The third-order valence-corrected chi connectivity index (χ3v) is 6.28. The molecule has 0 saturated carbocycles. The fourth-order valence-electron chi connectivity index (χ4n) is 4.04. The molecule has 0 aromatic carbocycles. The van der Waals surface area contributed by atoms with Crippen molar-refractivity contribution in [2.75, 3.05) is 6.61 Å². The van der Waals surface area contributed by atoms with E-state index >= 15 is 0 Å². The molecule has 2 unspecified atom stereocenters. The van der Waals surface area contributed by atoms with E-state index in [1.807, 2.05) is 0 Å². The minimum Gasteiger partial charge on any atom is -0.362 e. The van der Waals surface area contributed by atoms with E-state index in [1.54, 1.807) is 0 Å². The van der Waals surface area contributed by atoms with Crippen LogP contribution in [0.4, 0.5) is 0 Å². The van der Waals surface area contributed by atoms with Crippen LogP contribution in [0.25, 0.3) is 0 Å². The topological polar surface area (TPSA) is 9.23 Å². The Balaban J connectivity index is 1.70. The van der Waals surface area contributed by atoms with Crippen molar-refractivity contribution in [3.05, 3.63) is 0 Å². The van der Waals surface area contributed by atoms with Crippen LogP contribution in [0.5, 0.6) is 0 Å². The van der Waals surface area contributed by atoms with E-state index in [0.717, 1.165) is 6.61 Å². The SMILES string of the molecule is CCCCCCCCCCCCCCCCCCC1CCCOC1Cl. The van der Waals surface area contributed by atoms with Crippen LogP contribution in [-0.4, -0.2) is 12.2 Å². The van der Waals surface area contributed by atoms with Crippen LogP contribution in [-0.2, 0) is 4.74 Å². The minimum atomic E-state index is -0.00918. The van der Waals surface area contributed by atoms with Gasteiger partial charge in [-0.3, -0.25) is 0 Å². The van der Waals surface area contributed by atoms with Gasteiger partial charge in [-0.15, -0.1) is 0 Å². The minimum absolute atomic E-state index is 0.00918.